The molecule has 3 heterocycles. The van der Waals surface area contributed by atoms with Crippen LogP contribution in [0.1, 0.15) is 12.2 Å². The number of imidazole rings is 1. The Labute approximate surface area is 167 Å². The Morgan fingerprint density at radius 3 is 2.52 bits per heavy atom. The lowest BCUT2D eigenvalue weighted by Gasteiger charge is -2.30. The first-order chi connectivity index (χ1) is 13.3. The molecule has 13 heteroatoms. The van der Waals surface area contributed by atoms with Gasteiger partial charge in [0.1, 0.15) is 5.82 Å². The molecule has 0 aromatic carbocycles. The number of carboxylic acids is 1. The van der Waals surface area contributed by atoms with Crippen molar-refractivity contribution in [2.75, 3.05) is 45.6 Å². The van der Waals surface area contributed by atoms with E-state index in [2.05, 4.69) is 9.88 Å². The molecule has 29 heavy (non-hydrogen) atoms. The van der Waals surface area contributed by atoms with E-state index in [0.29, 0.717) is 26.3 Å². The summed E-state index contributed by atoms with van der Waals surface area (Å²) in [5, 5.41) is 7.12. The minimum Gasteiger partial charge on any atom is -0.475 e. The van der Waals surface area contributed by atoms with E-state index >= 15 is 0 Å². The molecule has 1 aromatic rings. The van der Waals surface area contributed by atoms with Crippen LogP contribution in [0.2, 0.25) is 0 Å². The molecule has 3 rings (SSSR count). The van der Waals surface area contributed by atoms with Crippen LogP contribution in [0.5, 0.6) is 0 Å². The van der Waals surface area contributed by atoms with E-state index in [9.17, 15) is 21.6 Å². The highest BCUT2D eigenvalue weighted by Crippen LogP contribution is 2.34. The molecule has 2 aliphatic heterocycles. The predicted octanol–water partition coefficient (Wildman–Crippen LogP) is 0.537. The summed E-state index contributed by atoms with van der Waals surface area (Å²) in [6, 6.07) is 0. The zero-order valence-electron chi connectivity index (χ0n) is 16.2. The van der Waals surface area contributed by atoms with Crippen molar-refractivity contribution in [2.24, 2.45) is 12.5 Å². The topological polar surface area (TPSA) is 105 Å². The molecule has 166 valence electrons. The fraction of sp³-hybridized carbons (Fsp3) is 0.750. The van der Waals surface area contributed by atoms with E-state index in [-0.39, 0.29) is 5.41 Å². The smallest absolute Gasteiger partial charge is 0.475 e. The first-order valence-electron chi connectivity index (χ1n) is 8.84. The second-order valence-electron chi connectivity index (χ2n) is 7.37. The number of hydrogen-bond acceptors (Lipinski definition) is 6. The summed E-state index contributed by atoms with van der Waals surface area (Å²) in [4.78, 5) is 15.6. The number of carbonyl (C=O) groups is 1. The second-order valence-corrected chi connectivity index (χ2v) is 9.35. The third kappa shape index (κ3) is 6.66. The number of halogens is 3. The Hall–Kier alpha value is -1.70. The van der Waals surface area contributed by atoms with Gasteiger partial charge in [0.15, 0.2) is 0 Å². The van der Waals surface area contributed by atoms with Gasteiger partial charge in [0.05, 0.1) is 26.0 Å². The zero-order valence-corrected chi connectivity index (χ0v) is 17.0. The lowest BCUT2D eigenvalue weighted by atomic mass is 9.88. The van der Waals surface area contributed by atoms with Crippen molar-refractivity contribution in [3.05, 3.63) is 18.2 Å². The SMILES string of the molecule is Cn1ccnc1CN1CCC2(COCCN(S(C)(=O)=O)C2)C1.O=C(O)C(F)(F)F. The Morgan fingerprint density at radius 1 is 1.34 bits per heavy atom. The Morgan fingerprint density at radius 2 is 2.00 bits per heavy atom. The highest BCUT2D eigenvalue weighted by molar-refractivity contribution is 7.88. The van der Waals surface area contributed by atoms with Crippen molar-refractivity contribution in [2.45, 2.75) is 19.1 Å². The quantitative estimate of drug-likeness (QED) is 0.728. The number of aromatic nitrogens is 2. The molecule has 9 nitrogen and oxygen atoms in total. The number of sulfonamides is 1. The maximum atomic E-state index is 11.9. The van der Waals surface area contributed by atoms with Crippen LogP contribution in [0.25, 0.3) is 0 Å². The van der Waals surface area contributed by atoms with Crippen molar-refractivity contribution in [1.82, 2.24) is 18.8 Å². The molecule has 0 aliphatic carbocycles. The number of nitrogens with zero attached hydrogens (tertiary/aromatic N) is 4. The third-order valence-corrected chi connectivity index (χ3v) is 6.17. The number of carboxylic acid groups (broad SMARTS) is 1. The van der Waals surface area contributed by atoms with Gasteiger partial charge in [0.2, 0.25) is 10.0 Å². The van der Waals surface area contributed by atoms with E-state index in [1.54, 1.807) is 10.5 Å². The van der Waals surface area contributed by atoms with Crippen molar-refractivity contribution >= 4 is 16.0 Å². The van der Waals surface area contributed by atoms with Gasteiger partial charge in [-0.15, -0.1) is 0 Å². The van der Waals surface area contributed by atoms with Crippen LogP contribution in [0.15, 0.2) is 12.4 Å². The van der Waals surface area contributed by atoms with E-state index in [1.165, 1.54) is 6.26 Å². The number of alkyl halides is 3. The number of aryl methyl sites for hydroxylation is 1. The molecule has 2 fully saturated rings. The number of ether oxygens (including phenoxy) is 1. The fourth-order valence-electron chi connectivity index (χ4n) is 3.40. The van der Waals surface area contributed by atoms with Gasteiger partial charge < -0.3 is 14.4 Å². The highest BCUT2D eigenvalue weighted by atomic mass is 32.2. The normalized spacial score (nSPS) is 24.2. The van der Waals surface area contributed by atoms with Crippen LogP contribution in [-0.2, 0) is 33.1 Å². The van der Waals surface area contributed by atoms with Crippen LogP contribution >= 0.6 is 0 Å². The molecule has 1 aromatic heterocycles. The Kier molecular flexibility index (Phi) is 7.30. The molecule has 0 amide bonds. The average Bonchev–Trinajstić information content (AvgIpc) is 3.09. The van der Waals surface area contributed by atoms with Crippen LogP contribution < -0.4 is 0 Å². The van der Waals surface area contributed by atoms with E-state index in [4.69, 9.17) is 14.6 Å². The number of hydrogen-bond donors (Lipinski definition) is 1. The second kappa shape index (κ2) is 8.98. The van der Waals surface area contributed by atoms with Gasteiger partial charge in [-0.1, -0.05) is 0 Å². The average molecular weight is 442 g/mol. The summed E-state index contributed by atoms with van der Waals surface area (Å²) in [6.07, 6.45) is 0.915. The zero-order chi connectivity index (χ0) is 21.9. The lowest BCUT2D eigenvalue weighted by Crippen LogP contribution is -2.42. The van der Waals surface area contributed by atoms with Crippen molar-refractivity contribution < 1.29 is 36.2 Å². The van der Waals surface area contributed by atoms with Gasteiger partial charge in [-0.25, -0.2) is 18.2 Å². The summed E-state index contributed by atoms with van der Waals surface area (Å²) >= 11 is 0. The number of aliphatic carboxylic acids is 1. The van der Waals surface area contributed by atoms with Crippen LogP contribution in [0.4, 0.5) is 13.2 Å². The van der Waals surface area contributed by atoms with Gasteiger partial charge in [-0.3, -0.25) is 4.90 Å². The molecule has 1 N–H and O–H groups in total. The number of rotatable bonds is 3. The first-order valence-corrected chi connectivity index (χ1v) is 10.7. The number of likely N-dealkylation sites (tertiary alicyclic amines) is 1. The van der Waals surface area contributed by atoms with Crippen molar-refractivity contribution in [3.63, 3.8) is 0 Å². The van der Waals surface area contributed by atoms with Crippen molar-refractivity contribution in [3.8, 4) is 0 Å². The van der Waals surface area contributed by atoms with Crippen LogP contribution in [0.3, 0.4) is 0 Å². The predicted molar refractivity (Wildman–Crippen MR) is 96.5 cm³/mol. The molecule has 0 radical (unpaired) electrons. The van der Waals surface area contributed by atoms with Gasteiger partial charge in [-0.2, -0.15) is 17.5 Å². The standard InChI is InChI=1S/C14H24N4O3S.C2HF3O2/c1-16-6-4-15-13(16)9-17-5-3-14(10-17)11-18(22(2,19)20)7-8-21-12-14;3-2(4,5)1(6)7/h4,6H,3,5,7-12H2,1-2H3;(H,6,7). The van der Waals surface area contributed by atoms with Crippen LogP contribution in [-0.4, -0.2) is 90.1 Å². The summed E-state index contributed by atoms with van der Waals surface area (Å²) in [6.45, 7) is 4.73. The highest BCUT2D eigenvalue weighted by Gasteiger charge is 2.43. The summed E-state index contributed by atoms with van der Waals surface area (Å²) in [5.74, 6) is -1.72. The molecule has 0 saturated carbocycles. The lowest BCUT2D eigenvalue weighted by molar-refractivity contribution is -0.192. The molecule has 1 atom stereocenters. The minimum atomic E-state index is -5.08. The maximum Gasteiger partial charge on any atom is 0.490 e. The monoisotopic (exact) mass is 442 g/mol. The molecular formula is C16H25F3N4O5S. The molecule has 1 unspecified atom stereocenters. The van der Waals surface area contributed by atoms with E-state index in [1.807, 2.05) is 17.8 Å². The van der Waals surface area contributed by atoms with E-state index in [0.717, 1.165) is 31.9 Å². The molecular weight excluding hydrogens is 417 g/mol. The van der Waals surface area contributed by atoms with Gasteiger partial charge in [0.25, 0.3) is 0 Å². The maximum absolute atomic E-state index is 11.9. The Balaban J connectivity index is 0.000000370. The van der Waals surface area contributed by atoms with Crippen molar-refractivity contribution in [1.29, 1.82) is 0 Å². The molecule has 0 bridgehead atoms. The molecule has 2 aliphatic rings. The summed E-state index contributed by atoms with van der Waals surface area (Å²) in [7, 11) is -1.17. The molecule has 1 spiro atoms. The summed E-state index contributed by atoms with van der Waals surface area (Å²) in [5.41, 5.74) is -0.0925. The van der Waals surface area contributed by atoms with Gasteiger partial charge >= 0.3 is 12.1 Å². The third-order valence-electron chi connectivity index (χ3n) is 4.92. The van der Waals surface area contributed by atoms with Crippen LogP contribution in [0, 0.1) is 5.41 Å². The Bertz CT molecular complexity index is 814. The molecule has 2 saturated heterocycles. The fourth-order valence-corrected chi connectivity index (χ4v) is 4.31. The minimum absolute atomic E-state index is 0.0925. The first kappa shape index (κ1) is 23.6. The van der Waals surface area contributed by atoms with Gasteiger partial charge in [-0.05, 0) is 13.0 Å². The summed E-state index contributed by atoms with van der Waals surface area (Å²) < 4.78 is 64.9. The largest absolute Gasteiger partial charge is 0.490 e. The van der Waals surface area contributed by atoms with Gasteiger partial charge in [0, 0.05) is 44.5 Å². The van der Waals surface area contributed by atoms with E-state index < -0.39 is 22.2 Å².